The van der Waals surface area contributed by atoms with Gasteiger partial charge in [0.2, 0.25) is 0 Å². The number of hydrogen-bond donors (Lipinski definition) is 2. The van der Waals surface area contributed by atoms with E-state index in [0.29, 0.717) is 18.6 Å². The second kappa shape index (κ2) is 8.93. The van der Waals surface area contributed by atoms with Crippen LogP contribution in [0.4, 0.5) is 0 Å². The molecule has 114 valence electrons. The van der Waals surface area contributed by atoms with Crippen LogP contribution in [0.3, 0.4) is 0 Å². The van der Waals surface area contributed by atoms with Crippen LogP contribution in [0, 0.1) is 5.92 Å². The monoisotopic (exact) mass is 270 g/mol. The van der Waals surface area contributed by atoms with E-state index < -0.39 is 0 Å². The van der Waals surface area contributed by atoms with Gasteiger partial charge >= 0.3 is 0 Å². The SMILES string of the molecule is CC(C)CCN(CC(O)CNC(C)C)C1CCCC1. The molecule has 1 unspecified atom stereocenters. The van der Waals surface area contributed by atoms with E-state index >= 15 is 0 Å². The van der Waals surface area contributed by atoms with Crippen molar-refractivity contribution in [2.75, 3.05) is 19.6 Å². The smallest absolute Gasteiger partial charge is 0.0791 e. The van der Waals surface area contributed by atoms with Crippen LogP contribution in [0.15, 0.2) is 0 Å². The lowest BCUT2D eigenvalue weighted by Gasteiger charge is -2.31. The molecule has 0 saturated heterocycles. The van der Waals surface area contributed by atoms with Crippen LogP contribution in [-0.4, -0.2) is 47.8 Å². The molecule has 0 aliphatic heterocycles. The van der Waals surface area contributed by atoms with Crippen molar-refractivity contribution in [1.29, 1.82) is 0 Å². The Kier molecular flexibility index (Phi) is 7.96. The van der Waals surface area contributed by atoms with Crippen LogP contribution in [0.5, 0.6) is 0 Å². The van der Waals surface area contributed by atoms with E-state index in [2.05, 4.69) is 37.9 Å². The first-order chi connectivity index (χ1) is 8.99. The molecular formula is C16H34N2O. The molecule has 0 amide bonds. The van der Waals surface area contributed by atoms with Crippen LogP contribution in [0.2, 0.25) is 0 Å². The summed E-state index contributed by atoms with van der Waals surface area (Å²) in [7, 11) is 0. The highest BCUT2D eigenvalue weighted by atomic mass is 16.3. The van der Waals surface area contributed by atoms with E-state index in [1.807, 2.05) is 0 Å². The number of hydrogen-bond acceptors (Lipinski definition) is 3. The van der Waals surface area contributed by atoms with Gasteiger partial charge in [0.15, 0.2) is 0 Å². The third-order valence-corrected chi connectivity index (χ3v) is 4.04. The molecule has 3 heteroatoms. The van der Waals surface area contributed by atoms with Crippen LogP contribution in [0.25, 0.3) is 0 Å². The van der Waals surface area contributed by atoms with Gasteiger partial charge < -0.3 is 10.4 Å². The Morgan fingerprint density at radius 2 is 1.79 bits per heavy atom. The normalized spacial score (nSPS) is 18.9. The van der Waals surface area contributed by atoms with Crippen molar-refractivity contribution in [3.63, 3.8) is 0 Å². The van der Waals surface area contributed by atoms with Crippen LogP contribution < -0.4 is 5.32 Å². The summed E-state index contributed by atoms with van der Waals surface area (Å²) in [4.78, 5) is 2.54. The summed E-state index contributed by atoms with van der Waals surface area (Å²) >= 11 is 0. The van der Waals surface area contributed by atoms with E-state index in [-0.39, 0.29) is 6.10 Å². The summed E-state index contributed by atoms with van der Waals surface area (Å²) in [6, 6.07) is 1.16. The van der Waals surface area contributed by atoms with Crippen molar-refractivity contribution >= 4 is 0 Å². The highest BCUT2D eigenvalue weighted by molar-refractivity contribution is 4.80. The van der Waals surface area contributed by atoms with Gasteiger partial charge in [-0.05, 0) is 31.7 Å². The standard InChI is InChI=1S/C16H34N2O/c1-13(2)9-10-18(15-7-5-6-8-15)12-16(19)11-17-14(3)4/h13-17,19H,5-12H2,1-4H3. The molecule has 0 aromatic carbocycles. The molecule has 1 aliphatic rings. The number of aliphatic hydroxyl groups excluding tert-OH is 1. The second-order valence-corrected chi connectivity index (χ2v) is 6.83. The summed E-state index contributed by atoms with van der Waals surface area (Å²) in [5.41, 5.74) is 0. The zero-order chi connectivity index (χ0) is 14.3. The molecule has 0 bridgehead atoms. The summed E-state index contributed by atoms with van der Waals surface area (Å²) < 4.78 is 0. The maximum Gasteiger partial charge on any atom is 0.0791 e. The average Bonchev–Trinajstić information content (AvgIpc) is 2.85. The Balaban J connectivity index is 2.38. The Labute approximate surface area is 119 Å². The maximum atomic E-state index is 10.2. The van der Waals surface area contributed by atoms with Gasteiger partial charge in [0.1, 0.15) is 0 Å². The van der Waals surface area contributed by atoms with Crippen molar-refractivity contribution in [2.24, 2.45) is 5.92 Å². The molecule has 1 fully saturated rings. The first-order valence-corrected chi connectivity index (χ1v) is 8.14. The van der Waals surface area contributed by atoms with Crippen molar-refractivity contribution < 1.29 is 5.11 Å². The Hall–Kier alpha value is -0.120. The molecule has 19 heavy (non-hydrogen) atoms. The predicted octanol–water partition coefficient (Wildman–Crippen LogP) is 2.64. The van der Waals surface area contributed by atoms with Gasteiger partial charge in [-0.3, -0.25) is 4.90 Å². The van der Waals surface area contributed by atoms with Crippen LogP contribution >= 0.6 is 0 Å². The quantitative estimate of drug-likeness (QED) is 0.676. The van der Waals surface area contributed by atoms with Gasteiger partial charge in [0.25, 0.3) is 0 Å². The number of nitrogens with zero attached hydrogens (tertiary/aromatic N) is 1. The molecule has 1 aliphatic carbocycles. The predicted molar refractivity (Wildman–Crippen MR) is 82.4 cm³/mol. The molecular weight excluding hydrogens is 236 g/mol. The van der Waals surface area contributed by atoms with Crippen molar-refractivity contribution in [2.45, 2.75) is 78.0 Å². The lowest BCUT2D eigenvalue weighted by atomic mass is 10.1. The second-order valence-electron chi connectivity index (χ2n) is 6.83. The summed E-state index contributed by atoms with van der Waals surface area (Å²) in [5.74, 6) is 0.745. The van der Waals surface area contributed by atoms with Gasteiger partial charge in [-0.25, -0.2) is 0 Å². The Morgan fingerprint density at radius 1 is 1.16 bits per heavy atom. The Bertz CT molecular complexity index is 225. The molecule has 0 heterocycles. The van der Waals surface area contributed by atoms with Gasteiger partial charge in [-0.1, -0.05) is 40.5 Å². The fraction of sp³-hybridized carbons (Fsp3) is 1.00. The summed E-state index contributed by atoms with van der Waals surface area (Å²) in [5, 5.41) is 13.5. The highest BCUT2D eigenvalue weighted by Gasteiger charge is 2.24. The first-order valence-electron chi connectivity index (χ1n) is 8.14. The van der Waals surface area contributed by atoms with Crippen molar-refractivity contribution in [1.82, 2.24) is 10.2 Å². The van der Waals surface area contributed by atoms with E-state index in [9.17, 15) is 5.11 Å². The fourth-order valence-corrected chi connectivity index (χ4v) is 2.82. The Morgan fingerprint density at radius 3 is 2.32 bits per heavy atom. The van der Waals surface area contributed by atoms with Gasteiger partial charge in [-0.2, -0.15) is 0 Å². The topological polar surface area (TPSA) is 35.5 Å². The zero-order valence-corrected chi connectivity index (χ0v) is 13.4. The average molecular weight is 270 g/mol. The molecule has 1 saturated carbocycles. The highest BCUT2D eigenvalue weighted by Crippen LogP contribution is 2.24. The van der Waals surface area contributed by atoms with Crippen LogP contribution in [0.1, 0.15) is 59.8 Å². The van der Waals surface area contributed by atoms with E-state index in [1.54, 1.807) is 0 Å². The third-order valence-electron chi connectivity index (χ3n) is 4.04. The molecule has 0 radical (unpaired) electrons. The number of rotatable bonds is 9. The molecule has 0 spiro atoms. The van der Waals surface area contributed by atoms with E-state index in [1.165, 1.54) is 32.1 Å². The lowest BCUT2D eigenvalue weighted by molar-refractivity contribution is 0.0826. The molecule has 2 N–H and O–H groups in total. The van der Waals surface area contributed by atoms with Crippen molar-refractivity contribution in [3.8, 4) is 0 Å². The zero-order valence-electron chi connectivity index (χ0n) is 13.4. The molecule has 0 aromatic rings. The fourth-order valence-electron chi connectivity index (χ4n) is 2.82. The summed E-state index contributed by atoms with van der Waals surface area (Å²) in [6.07, 6.45) is 6.37. The minimum atomic E-state index is -0.241. The third kappa shape index (κ3) is 7.28. The van der Waals surface area contributed by atoms with Gasteiger partial charge in [0, 0.05) is 25.2 Å². The maximum absolute atomic E-state index is 10.2. The number of nitrogens with one attached hydrogen (secondary N) is 1. The lowest BCUT2D eigenvalue weighted by Crippen LogP contribution is -2.44. The van der Waals surface area contributed by atoms with Gasteiger partial charge in [0.05, 0.1) is 6.10 Å². The molecule has 0 aromatic heterocycles. The first kappa shape index (κ1) is 16.9. The molecule has 3 nitrogen and oxygen atoms in total. The van der Waals surface area contributed by atoms with Gasteiger partial charge in [-0.15, -0.1) is 0 Å². The summed E-state index contributed by atoms with van der Waals surface area (Å²) in [6.45, 7) is 11.5. The van der Waals surface area contributed by atoms with E-state index in [0.717, 1.165) is 19.0 Å². The van der Waals surface area contributed by atoms with E-state index in [4.69, 9.17) is 0 Å². The molecule has 1 rings (SSSR count). The minimum absolute atomic E-state index is 0.241. The minimum Gasteiger partial charge on any atom is -0.390 e. The van der Waals surface area contributed by atoms with Crippen molar-refractivity contribution in [3.05, 3.63) is 0 Å². The largest absolute Gasteiger partial charge is 0.390 e. The molecule has 1 atom stereocenters. The number of aliphatic hydroxyl groups is 1. The van der Waals surface area contributed by atoms with Crippen LogP contribution in [-0.2, 0) is 0 Å².